The molecule has 8 heteroatoms. The van der Waals surface area contributed by atoms with E-state index in [1.807, 2.05) is 0 Å². The molecule has 4 aromatic carbocycles. The van der Waals surface area contributed by atoms with Crippen LogP contribution in [0, 0.1) is 23.3 Å². The Morgan fingerprint density at radius 3 is 1.08 bits per heavy atom. The Balaban J connectivity index is 0.000000658. The van der Waals surface area contributed by atoms with Gasteiger partial charge in [-0.3, -0.25) is 0 Å². The van der Waals surface area contributed by atoms with E-state index in [-0.39, 0.29) is 21.0 Å². The van der Waals surface area contributed by atoms with Crippen LogP contribution in [-0.2, 0) is 0 Å². The summed E-state index contributed by atoms with van der Waals surface area (Å²) in [6.45, 7) is 0. The van der Waals surface area contributed by atoms with Gasteiger partial charge < -0.3 is 4.48 Å². The van der Waals surface area contributed by atoms with Crippen LogP contribution in [0.2, 0.25) is 10.0 Å². The molecule has 36 heavy (non-hydrogen) atoms. The van der Waals surface area contributed by atoms with Gasteiger partial charge in [0.2, 0.25) is 0 Å². The molecule has 0 heterocycles. The van der Waals surface area contributed by atoms with E-state index < -0.39 is 29.4 Å². The summed E-state index contributed by atoms with van der Waals surface area (Å²) in [6.07, 6.45) is -2.57. The molecule has 0 fully saturated rings. The van der Waals surface area contributed by atoms with Gasteiger partial charge in [0.05, 0.1) is 28.2 Å². The summed E-state index contributed by atoms with van der Waals surface area (Å²) in [5, 5.41) is 0.522. The Morgan fingerprint density at radius 1 is 0.528 bits per heavy atom. The van der Waals surface area contributed by atoms with Crippen molar-refractivity contribution >= 4 is 51.2 Å². The largest absolute Gasteiger partial charge is 0.333 e. The first-order valence-corrected chi connectivity index (χ1v) is 12.0. The smallest absolute Gasteiger partial charge is 0.123 e. The third-order valence-corrected chi connectivity index (χ3v) is 6.20. The van der Waals surface area contributed by atoms with Gasteiger partial charge in [-0.1, -0.05) is 83.9 Å². The van der Waals surface area contributed by atoms with Crippen LogP contribution in [0.4, 0.5) is 17.6 Å². The third kappa shape index (κ3) is 6.30. The number of hydrogen-bond donors (Lipinski definition) is 0. The van der Waals surface area contributed by atoms with Crippen LogP contribution in [0.1, 0.15) is 0 Å². The molecule has 4 rings (SSSR count). The molecule has 1 nitrogen and oxygen atoms in total. The minimum absolute atomic E-state index is 0.142. The SMILES string of the molecule is C[N+](C)(C)C.Fc1cc(F)cc([B-](c2cc(F)cc(F)c2)(c2ccccc2Cl)c2ccccc2Cl)c1. The molecule has 0 aliphatic carbocycles. The van der Waals surface area contributed by atoms with Crippen LogP contribution in [-0.4, -0.2) is 38.8 Å². The van der Waals surface area contributed by atoms with Crippen molar-refractivity contribution in [3.05, 3.63) is 118 Å². The van der Waals surface area contributed by atoms with Crippen molar-refractivity contribution < 1.29 is 22.0 Å². The van der Waals surface area contributed by atoms with E-state index in [1.165, 1.54) is 0 Å². The van der Waals surface area contributed by atoms with Crippen molar-refractivity contribution in [2.24, 2.45) is 0 Å². The highest BCUT2D eigenvalue weighted by Gasteiger charge is 2.36. The Hall–Kier alpha value is -2.80. The predicted molar refractivity (Wildman–Crippen MR) is 144 cm³/mol. The lowest BCUT2D eigenvalue weighted by molar-refractivity contribution is -0.849. The first kappa shape index (κ1) is 27.8. The number of halogens is 6. The molecule has 0 amide bonds. The monoisotopic (exact) mass is 533 g/mol. The molecule has 0 saturated heterocycles. The highest BCUT2D eigenvalue weighted by atomic mass is 35.5. The molecule has 0 unspecified atom stereocenters. The van der Waals surface area contributed by atoms with Crippen molar-refractivity contribution in [3.8, 4) is 0 Å². The lowest BCUT2D eigenvalue weighted by Gasteiger charge is -2.45. The number of hydrogen-bond acceptors (Lipinski definition) is 0. The molecule has 0 aromatic heterocycles. The summed E-state index contributed by atoms with van der Waals surface area (Å²) in [7, 11) is 8.50. The van der Waals surface area contributed by atoms with Crippen LogP contribution in [0.15, 0.2) is 84.9 Å². The average Bonchev–Trinajstić information content (AvgIpc) is 2.74. The van der Waals surface area contributed by atoms with E-state index in [0.717, 1.165) is 40.9 Å². The molecule has 0 radical (unpaired) electrons. The highest BCUT2D eigenvalue weighted by Crippen LogP contribution is 2.20. The molecule has 0 bridgehead atoms. The average molecular weight is 534 g/mol. The Bertz CT molecular complexity index is 1230. The summed E-state index contributed by atoms with van der Waals surface area (Å²) in [6, 6.07) is 19.3. The molecule has 0 saturated carbocycles. The molecule has 4 aromatic rings. The van der Waals surface area contributed by atoms with Gasteiger partial charge in [-0.25, -0.2) is 17.6 Å². The number of rotatable bonds is 4. The van der Waals surface area contributed by atoms with Gasteiger partial charge in [-0.15, -0.1) is 0 Å². The zero-order valence-corrected chi connectivity index (χ0v) is 21.9. The fourth-order valence-corrected chi connectivity index (χ4v) is 4.98. The maximum atomic E-state index is 14.4. The zero-order valence-electron chi connectivity index (χ0n) is 20.4. The Labute approximate surface area is 219 Å². The van der Waals surface area contributed by atoms with Gasteiger partial charge in [0.25, 0.3) is 0 Å². The van der Waals surface area contributed by atoms with E-state index in [9.17, 15) is 17.6 Å². The van der Waals surface area contributed by atoms with Crippen molar-refractivity contribution in [2.75, 3.05) is 28.2 Å². The van der Waals surface area contributed by atoms with E-state index in [2.05, 4.69) is 28.2 Å². The van der Waals surface area contributed by atoms with Gasteiger partial charge in [0, 0.05) is 22.2 Å². The van der Waals surface area contributed by atoms with Gasteiger partial charge in [0.1, 0.15) is 29.4 Å². The Kier molecular flexibility index (Phi) is 8.55. The predicted octanol–water partition coefficient (Wildman–Crippen LogP) is 5.25. The maximum Gasteiger partial charge on any atom is 0.123 e. The molecule has 0 atom stereocenters. The fraction of sp³-hybridized carbons (Fsp3) is 0.143. The first-order valence-electron chi connectivity index (χ1n) is 11.2. The third-order valence-electron chi connectivity index (χ3n) is 5.51. The normalized spacial score (nSPS) is 11.6. The van der Waals surface area contributed by atoms with Crippen LogP contribution in [0.3, 0.4) is 0 Å². The highest BCUT2D eigenvalue weighted by molar-refractivity contribution is 7.21. The van der Waals surface area contributed by atoms with E-state index in [0.29, 0.717) is 10.9 Å². The van der Waals surface area contributed by atoms with Crippen molar-refractivity contribution in [1.29, 1.82) is 0 Å². The molecule has 0 aliphatic heterocycles. The van der Waals surface area contributed by atoms with Crippen LogP contribution in [0.5, 0.6) is 0 Å². The second-order valence-corrected chi connectivity index (χ2v) is 10.8. The minimum Gasteiger partial charge on any atom is -0.333 e. The lowest BCUT2D eigenvalue weighted by Crippen LogP contribution is -2.75. The maximum absolute atomic E-state index is 14.4. The second-order valence-electron chi connectivity index (χ2n) is 10.00. The lowest BCUT2D eigenvalue weighted by atomic mass is 9.13. The zero-order chi connectivity index (χ0) is 26.7. The summed E-state index contributed by atoms with van der Waals surface area (Å²) >= 11 is 13.1. The summed E-state index contributed by atoms with van der Waals surface area (Å²) in [5.74, 6) is -3.34. The molecule has 188 valence electrons. The fourth-order valence-electron chi connectivity index (χ4n) is 4.38. The van der Waals surface area contributed by atoms with Gasteiger partial charge in [-0.05, 0) is 12.1 Å². The van der Waals surface area contributed by atoms with Gasteiger partial charge in [-0.2, -0.15) is 21.9 Å². The Morgan fingerprint density at radius 2 is 0.806 bits per heavy atom. The van der Waals surface area contributed by atoms with Gasteiger partial charge in [0.15, 0.2) is 0 Å². The van der Waals surface area contributed by atoms with E-state index in [4.69, 9.17) is 23.2 Å². The first-order chi connectivity index (χ1) is 16.8. The molecule has 0 aliphatic rings. The number of benzene rings is 4. The van der Waals surface area contributed by atoms with E-state index >= 15 is 0 Å². The van der Waals surface area contributed by atoms with Crippen LogP contribution < -0.4 is 21.9 Å². The van der Waals surface area contributed by atoms with Crippen molar-refractivity contribution in [1.82, 2.24) is 0 Å². The summed E-state index contributed by atoms with van der Waals surface area (Å²) in [4.78, 5) is 0. The molecular weight excluding hydrogens is 508 g/mol. The van der Waals surface area contributed by atoms with Crippen LogP contribution in [0.25, 0.3) is 0 Å². The topological polar surface area (TPSA) is 0 Å². The summed E-state index contributed by atoms with van der Waals surface area (Å²) in [5.41, 5.74) is 1.13. The van der Waals surface area contributed by atoms with Crippen molar-refractivity contribution in [2.45, 2.75) is 0 Å². The van der Waals surface area contributed by atoms with Crippen LogP contribution >= 0.6 is 23.2 Å². The van der Waals surface area contributed by atoms with Crippen molar-refractivity contribution in [3.63, 3.8) is 0 Å². The number of nitrogens with zero attached hydrogens (tertiary/aromatic N) is 1. The molecular formula is C28H26BCl2F4N. The standard InChI is InChI=1S/C24H14BCl2F4.C4H12N/c26-23-7-3-1-5-21(23)25(22-6-2-4-8-24(22)27,15-9-17(28)13-18(29)10-15)16-11-19(30)14-20(31)12-16;1-5(2,3)4/h1-14H;1-4H3/q-1;+1. The number of quaternary nitrogens is 1. The van der Waals surface area contributed by atoms with E-state index in [1.54, 1.807) is 48.5 Å². The summed E-state index contributed by atoms with van der Waals surface area (Å²) < 4.78 is 58.7. The molecule has 0 N–H and O–H groups in total. The minimum atomic E-state index is -2.57. The second kappa shape index (κ2) is 11.1. The quantitative estimate of drug-likeness (QED) is 0.191. The van der Waals surface area contributed by atoms with Gasteiger partial charge >= 0.3 is 0 Å². The molecule has 0 spiro atoms.